The molecule has 0 bridgehead atoms. The van der Waals surface area contributed by atoms with E-state index in [2.05, 4.69) is 53.5 Å². The monoisotopic (exact) mass is 257 g/mol. The van der Waals surface area contributed by atoms with E-state index < -0.39 is 0 Å². The Bertz CT molecular complexity index is 504. The standard InChI is InChI=1S/C16H19NS/c1-17-16(15-8-9-18-11-15)14-7-6-12-4-2-3-5-13(12)10-14/h2-5,8-9,11,14,16-17H,6-7,10H2,1H3. The molecule has 0 aliphatic heterocycles. The van der Waals surface area contributed by atoms with E-state index in [1.165, 1.54) is 24.8 Å². The topological polar surface area (TPSA) is 12.0 Å². The molecular weight excluding hydrogens is 238 g/mol. The van der Waals surface area contributed by atoms with Crippen LogP contribution in [0, 0.1) is 5.92 Å². The highest BCUT2D eigenvalue weighted by atomic mass is 32.1. The zero-order valence-corrected chi connectivity index (χ0v) is 11.5. The molecule has 2 aromatic rings. The molecule has 1 aromatic heterocycles. The predicted octanol–water partition coefficient (Wildman–Crippen LogP) is 3.81. The lowest BCUT2D eigenvalue weighted by atomic mass is 9.78. The second-order valence-corrected chi connectivity index (χ2v) is 5.87. The second-order valence-electron chi connectivity index (χ2n) is 5.09. The van der Waals surface area contributed by atoms with Crippen molar-refractivity contribution in [3.05, 3.63) is 57.8 Å². The molecule has 1 nitrogen and oxygen atoms in total. The molecule has 0 fully saturated rings. The molecule has 18 heavy (non-hydrogen) atoms. The minimum atomic E-state index is 0.504. The number of aryl methyl sites for hydroxylation is 1. The first-order valence-corrected chi connectivity index (χ1v) is 7.59. The fraction of sp³-hybridized carbons (Fsp3) is 0.375. The highest BCUT2D eigenvalue weighted by molar-refractivity contribution is 7.07. The lowest BCUT2D eigenvalue weighted by molar-refractivity contribution is 0.342. The van der Waals surface area contributed by atoms with Crippen molar-refractivity contribution in [3.63, 3.8) is 0 Å². The largest absolute Gasteiger partial charge is 0.313 e. The second kappa shape index (κ2) is 5.25. The molecule has 94 valence electrons. The first kappa shape index (κ1) is 11.9. The maximum Gasteiger partial charge on any atom is 0.0357 e. The molecule has 1 aliphatic carbocycles. The van der Waals surface area contributed by atoms with E-state index in [-0.39, 0.29) is 0 Å². The molecule has 0 saturated heterocycles. The van der Waals surface area contributed by atoms with Gasteiger partial charge in [0.15, 0.2) is 0 Å². The Morgan fingerprint density at radius 3 is 2.78 bits per heavy atom. The number of fused-ring (bicyclic) bond motifs is 1. The smallest absolute Gasteiger partial charge is 0.0357 e. The van der Waals surface area contributed by atoms with Gasteiger partial charge in [0.1, 0.15) is 0 Å². The number of hydrogen-bond acceptors (Lipinski definition) is 2. The van der Waals surface area contributed by atoms with E-state index in [4.69, 9.17) is 0 Å². The highest BCUT2D eigenvalue weighted by Gasteiger charge is 2.26. The van der Waals surface area contributed by atoms with Crippen molar-refractivity contribution in [1.29, 1.82) is 0 Å². The van der Waals surface area contributed by atoms with Gasteiger partial charge in [0.2, 0.25) is 0 Å². The van der Waals surface area contributed by atoms with Gasteiger partial charge >= 0.3 is 0 Å². The van der Waals surface area contributed by atoms with Crippen molar-refractivity contribution in [2.45, 2.75) is 25.3 Å². The molecule has 0 amide bonds. The number of hydrogen-bond donors (Lipinski definition) is 1. The summed E-state index contributed by atoms with van der Waals surface area (Å²) < 4.78 is 0. The summed E-state index contributed by atoms with van der Waals surface area (Å²) in [7, 11) is 2.09. The van der Waals surface area contributed by atoms with Gasteiger partial charge in [-0.1, -0.05) is 24.3 Å². The van der Waals surface area contributed by atoms with Gasteiger partial charge in [0.25, 0.3) is 0 Å². The van der Waals surface area contributed by atoms with E-state index in [1.807, 2.05) is 0 Å². The summed E-state index contributed by atoms with van der Waals surface area (Å²) in [5.41, 5.74) is 4.55. The molecule has 0 spiro atoms. The number of thiophene rings is 1. The van der Waals surface area contributed by atoms with Crippen molar-refractivity contribution < 1.29 is 0 Å². The molecule has 3 rings (SSSR count). The fourth-order valence-electron chi connectivity index (χ4n) is 3.14. The molecule has 2 heteroatoms. The molecule has 0 radical (unpaired) electrons. The van der Waals surface area contributed by atoms with Crippen LogP contribution in [0.5, 0.6) is 0 Å². The average molecular weight is 257 g/mol. The van der Waals surface area contributed by atoms with E-state index >= 15 is 0 Å². The third-order valence-corrected chi connectivity index (χ3v) is 4.77. The quantitative estimate of drug-likeness (QED) is 0.881. The van der Waals surface area contributed by atoms with Crippen molar-refractivity contribution in [2.24, 2.45) is 5.92 Å². The van der Waals surface area contributed by atoms with Gasteiger partial charge in [-0.25, -0.2) is 0 Å². The summed E-state index contributed by atoms with van der Waals surface area (Å²) in [6.07, 6.45) is 3.72. The van der Waals surface area contributed by atoms with E-state index in [9.17, 15) is 0 Å². The number of rotatable bonds is 3. The Labute approximate surface area is 113 Å². The summed E-state index contributed by atoms with van der Waals surface area (Å²) in [6, 6.07) is 11.7. The molecule has 1 N–H and O–H groups in total. The maximum absolute atomic E-state index is 3.51. The van der Waals surface area contributed by atoms with Crippen molar-refractivity contribution >= 4 is 11.3 Å². The molecule has 1 aliphatic rings. The van der Waals surface area contributed by atoms with Crippen molar-refractivity contribution in [2.75, 3.05) is 7.05 Å². The Balaban J connectivity index is 1.82. The van der Waals surface area contributed by atoms with Crippen LogP contribution in [0.2, 0.25) is 0 Å². The van der Waals surface area contributed by atoms with E-state index in [0.717, 1.165) is 5.92 Å². The first-order valence-electron chi connectivity index (χ1n) is 6.64. The highest BCUT2D eigenvalue weighted by Crippen LogP contribution is 2.34. The predicted molar refractivity (Wildman–Crippen MR) is 78.1 cm³/mol. The summed E-state index contributed by atoms with van der Waals surface area (Å²) in [5, 5.41) is 7.97. The average Bonchev–Trinajstić information content (AvgIpc) is 2.93. The lowest BCUT2D eigenvalue weighted by Crippen LogP contribution is -2.29. The zero-order valence-electron chi connectivity index (χ0n) is 10.7. The van der Waals surface area contributed by atoms with Crippen LogP contribution in [-0.4, -0.2) is 7.05 Å². The van der Waals surface area contributed by atoms with Crippen LogP contribution in [0.4, 0.5) is 0 Å². The van der Waals surface area contributed by atoms with E-state index in [0.29, 0.717) is 6.04 Å². The molecular formula is C16H19NS. The van der Waals surface area contributed by atoms with Gasteiger partial charge < -0.3 is 5.32 Å². The molecule has 1 heterocycles. The van der Waals surface area contributed by atoms with Crippen LogP contribution >= 0.6 is 11.3 Å². The Kier molecular flexibility index (Phi) is 3.48. The number of nitrogens with one attached hydrogen (secondary N) is 1. The normalized spacial score (nSPS) is 20.4. The van der Waals surface area contributed by atoms with Gasteiger partial charge in [-0.3, -0.25) is 0 Å². The summed E-state index contributed by atoms with van der Waals surface area (Å²) >= 11 is 1.79. The Morgan fingerprint density at radius 2 is 2.06 bits per heavy atom. The molecule has 1 aromatic carbocycles. The van der Waals surface area contributed by atoms with Crippen LogP contribution in [0.15, 0.2) is 41.1 Å². The summed E-state index contributed by atoms with van der Waals surface area (Å²) in [4.78, 5) is 0. The Morgan fingerprint density at radius 1 is 1.22 bits per heavy atom. The van der Waals surface area contributed by atoms with Crippen LogP contribution < -0.4 is 5.32 Å². The summed E-state index contributed by atoms with van der Waals surface area (Å²) in [6.45, 7) is 0. The van der Waals surface area contributed by atoms with Gasteiger partial charge in [-0.15, -0.1) is 0 Å². The molecule has 0 saturated carbocycles. The van der Waals surface area contributed by atoms with Gasteiger partial charge in [-0.05, 0) is 65.7 Å². The number of benzene rings is 1. The molecule has 2 atom stereocenters. The summed E-state index contributed by atoms with van der Waals surface area (Å²) in [5.74, 6) is 0.722. The van der Waals surface area contributed by atoms with Crippen LogP contribution in [0.1, 0.15) is 29.2 Å². The SMILES string of the molecule is CNC(c1ccsc1)C1CCc2ccccc2C1. The van der Waals surface area contributed by atoms with E-state index in [1.54, 1.807) is 22.5 Å². The van der Waals surface area contributed by atoms with Gasteiger partial charge in [0.05, 0.1) is 0 Å². The fourth-order valence-corrected chi connectivity index (χ4v) is 3.83. The van der Waals surface area contributed by atoms with Crippen LogP contribution in [-0.2, 0) is 12.8 Å². The van der Waals surface area contributed by atoms with Gasteiger partial charge in [0, 0.05) is 6.04 Å². The lowest BCUT2D eigenvalue weighted by Gasteiger charge is -2.31. The first-order chi connectivity index (χ1) is 8.88. The zero-order chi connectivity index (χ0) is 12.4. The third-order valence-electron chi connectivity index (χ3n) is 4.07. The van der Waals surface area contributed by atoms with Crippen molar-refractivity contribution in [1.82, 2.24) is 5.32 Å². The molecule has 2 unspecified atom stereocenters. The third kappa shape index (κ3) is 2.23. The minimum absolute atomic E-state index is 0.504. The van der Waals surface area contributed by atoms with Crippen LogP contribution in [0.25, 0.3) is 0 Å². The van der Waals surface area contributed by atoms with Crippen LogP contribution in [0.3, 0.4) is 0 Å². The van der Waals surface area contributed by atoms with Crippen molar-refractivity contribution in [3.8, 4) is 0 Å². The Hall–Kier alpha value is -1.12. The minimum Gasteiger partial charge on any atom is -0.313 e. The maximum atomic E-state index is 3.51. The van der Waals surface area contributed by atoms with Gasteiger partial charge in [-0.2, -0.15) is 11.3 Å².